The van der Waals surface area contributed by atoms with Gasteiger partial charge in [0.25, 0.3) is 0 Å². The van der Waals surface area contributed by atoms with Crippen molar-refractivity contribution >= 4 is 37.4 Å². The summed E-state index contributed by atoms with van der Waals surface area (Å²) in [4.78, 5) is 9.91. The Morgan fingerprint density at radius 2 is 1.80 bits per heavy atom. The second-order valence-electron chi connectivity index (χ2n) is 3.62. The van der Waals surface area contributed by atoms with Gasteiger partial charge < -0.3 is 4.79 Å². The van der Waals surface area contributed by atoms with Crippen LogP contribution < -0.4 is 0 Å². The first-order chi connectivity index (χ1) is 4.06. The van der Waals surface area contributed by atoms with Crippen LogP contribution in [0.15, 0.2) is 0 Å². The number of hydrogen-bond acceptors (Lipinski definition) is 1. The van der Waals surface area contributed by atoms with E-state index in [1.165, 1.54) is 6.04 Å². The van der Waals surface area contributed by atoms with E-state index in [-0.39, 0.29) is 23.1 Å². The number of aldehydes is 1. The minimum Gasteiger partial charge on any atom is -0.303 e. The SMILES string of the molecule is C[Si](C)(C)CCCC=O.[MgH2]. The Balaban J connectivity index is 0. The van der Waals surface area contributed by atoms with Gasteiger partial charge in [-0.05, 0) is 6.42 Å². The van der Waals surface area contributed by atoms with Crippen molar-refractivity contribution in [2.45, 2.75) is 38.5 Å². The molecule has 0 bridgehead atoms. The van der Waals surface area contributed by atoms with E-state index in [9.17, 15) is 4.79 Å². The van der Waals surface area contributed by atoms with Crippen molar-refractivity contribution < 1.29 is 4.79 Å². The zero-order valence-corrected chi connectivity index (χ0v) is 7.61. The lowest BCUT2D eigenvalue weighted by atomic mass is 10.4. The second kappa shape index (κ2) is 6.37. The molecule has 0 fully saturated rings. The molecule has 0 saturated carbocycles. The van der Waals surface area contributed by atoms with Crippen LogP contribution in [0.4, 0.5) is 0 Å². The van der Waals surface area contributed by atoms with E-state index in [2.05, 4.69) is 19.6 Å². The molecule has 0 spiro atoms. The molecule has 10 heavy (non-hydrogen) atoms. The highest BCUT2D eigenvalue weighted by Crippen LogP contribution is 2.11. The molecule has 0 atom stereocenters. The van der Waals surface area contributed by atoms with Crippen LogP contribution in [0.25, 0.3) is 0 Å². The molecular formula is C7H18MgOSi. The predicted octanol–water partition coefficient (Wildman–Crippen LogP) is 1.39. The summed E-state index contributed by atoms with van der Waals surface area (Å²) >= 11 is 0. The summed E-state index contributed by atoms with van der Waals surface area (Å²) < 4.78 is 0. The number of carbonyl (C=O) groups excluding carboxylic acids is 1. The Bertz CT molecular complexity index is 88.1. The Labute approximate surface area is 80.7 Å². The largest absolute Gasteiger partial charge is 0.316 e. The van der Waals surface area contributed by atoms with Gasteiger partial charge in [0, 0.05) is 14.5 Å². The fourth-order valence-corrected chi connectivity index (χ4v) is 1.98. The molecule has 0 aliphatic carbocycles. The molecule has 0 rings (SSSR count). The molecule has 0 aromatic rings. The summed E-state index contributed by atoms with van der Waals surface area (Å²) in [7, 11) is -0.853. The first-order valence-corrected chi connectivity index (χ1v) is 7.20. The van der Waals surface area contributed by atoms with Crippen LogP contribution in [-0.2, 0) is 4.79 Å². The minimum absolute atomic E-state index is 0. The standard InChI is InChI=1S/C7H16OSi.Mg.2H/c1-9(2,3)7-5-4-6-8;;;/h6H,4-5,7H2,1-3H3;;;. The van der Waals surface area contributed by atoms with E-state index < -0.39 is 8.07 Å². The van der Waals surface area contributed by atoms with E-state index in [1.54, 1.807) is 0 Å². The summed E-state index contributed by atoms with van der Waals surface area (Å²) in [5.74, 6) is 0. The molecule has 0 radical (unpaired) electrons. The Morgan fingerprint density at radius 1 is 1.30 bits per heavy atom. The molecule has 3 heteroatoms. The molecule has 0 saturated heterocycles. The third-order valence-corrected chi connectivity index (χ3v) is 3.10. The Kier molecular flexibility index (Phi) is 8.44. The molecular weight excluding hydrogens is 152 g/mol. The Hall–Kier alpha value is 0.653. The maximum Gasteiger partial charge on any atom is 0.316 e. The van der Waals surface area contributed by atoms with Gasteiger partial charge in [0.1, 0.15) is 6.29 Å². The molecule has 0 aromatic heterocycles. The molecule has 0 aliphatic rings. The fourth-order valence-electron chi connectivity index (χ4n) is 0.716. The van der Waals surface area contributed by atoms with Crippen molar-refractivity contribution in [3.63, 3.8) is 0 Å². The molecule has 1 nitrogen and oxygen atoms in total. The molecule has 0 aliphatic heterocycles. The summed E-state index contributed by atoms with van der Waals surface area (Å²) in [5, 5.41) is 0. The highest BCUT2D eigenvalue weighted by molar-refractivity contribution is 6.76. The van der Waals surface area contributed by atoms with Gasteiger partial charge in [-0.1, -0.05) is 25.7 Å². The van der Waals surface area contributed by atoms with Gasteiger partial charge in [-0.15, -0.1) is 0 Å². The maximum absolute atomic E-state index is 9.91. The summed E-state index contributed by atoms with van der Waals surface area (Å²) in [6.45, 7) is 6.99. The lowest BCUT2D eigenvalue weighted by molar-refractivity contribution is -0.107. The highest BCUT2D eigenvalue weighted by atomic mass is 28.3. The number of unbranched alkanes of at least 4 members (excludes halogenated alkanes) is 1. The van der Waals surface area contributed by atoms with E-state index in [0.29, 0.717) is 0 Å². The summed E-state index contributed by atoms with van der Waals surface area (Å²) in [5.41, 5.74) is 0. The maximum atomic E-state index is 9.91. The van der Waals surface area contributed by atoms with Gasteiger partial charge in [-0.2, -0.15) is 0 Å². The number of carbonyl (C=O) groups is 1. The van der Waals surface area contributed by atoms with Crippen LogP contribution in [0.5, 0.6) is 0 Å². The van der Waals surface area contributed by atoms with Crippen molar-refractivity contribution in [2.75, 3.05) is 0 Å². The third kappa shape index (κ3) is 11.4. The number of hydrogen-bond donors (Lipinski definition) is 0. The fraction of sp³-hybridized carbons (Fsp3) is 0.857. The Morgan fingerprint density at radius 3 is 2.10 bits per heavy atom. The zero-order chi connectivity index (χ0) is 7.33. The van der Waals surface area contributed by atoms with Crippen LogP contribution in [0.1, 0.15) is 12.8 Å². The molecule has 0 N–H and O–H groups in total. The molecule has 0 amide bonds. The van der Waals surface area contributed by atoms with Crippen LogP contribution in [0.2, 0.25) is 25.7 Å². The molecule has 0 aromatic carbocycles. The van der Waals surface area contributed by atoms with E-state index in [0.717, 1.165) is 19.1 Å². The molecule has 58 valence electrons. The van der Waals surface area contributed by atoms with Crippen molar-refractivity contribution in [3.8, 4) is 0 Å². The number of rotatable bonds is 4. The van der Waals surface area contributed by atoms with Crippen LogP contribution in [-0.4, -0.2) is 37.4 Å². The first kappa shape index (κ1) is 13.3. The van der Waals surface area contributed by atoms with Crippen LogP contribution >= 0.6 is 0 Å². The van der Waals surface area contributed by atoms with Gasteiger partial charge in [0.2, 0.25) is 0 Å². The smallest absolute Gasteiger partial charge is 0.303 e. The quantitative estimate of drug-likeness (QED) is 0.354. The van der Waals surface area contributed by atoms with Gasteiger partial charge in [-0.25, -0.2) is 0 Å². The normalized spacial score (nSPS) is 10.3. The zero-order valence-electron chi connectivity index (χ0n) is 6.61. The highest BCUT2D eigenvalue weighted by Gasteiger charge is 2.10. The molecule has 0 unspecified atom stereocenters. The van der Waals surface area contributed by atoms with Crippen molar-refractivity contribution in [1.82, 2.24) is 0 Å². The van der Waals surface area contributed by atoms with Crippen molar-refractivity contribution in [2.24, 2.45) is 0 Å². The van der Waals surface area contributed by atoms with Crippen molar-refractivity contribution in [1.29, 1.82) is 0 Å². The lowest BCUT2D eigenvalue weighted by Gasteiger charge is -2.13. The van der Waals surface area contributed by atoms with E-state index in [4.69, 9.17) is 0 Å². The first-order valence-electron chi connectivity index (χ1n) is 3.50. The summed E-state index contributed by atoms with van der Waals surface area (Å²) in [6, 6.07) is 1.28. The average Bonchev–Trinajstić information content (AvgIpc) is 1.63. The van der Waals surface area contributed by atoms with Gasteiger partial charge >= 0.3 is 23.1 Å². The minimum atomic E-state index is -0.853. The van der Waals surface area contributed by atoms with Crippen LogP contribution in [0, 0.1) is 0 Å². The van der Waals surface area contributed by atoms with Gasteiger partial charge in [-0.3, -0.25) is 0 Å². The second-order valence-corrected chi connectivity index (χ2v) is 9.24. The predicted molar refractivity (Wildman–Crippen MR) is 52.0 cm³/mol. The average molecular weight is 171 g/mol. The van der Waals surface area contributed by atoms with Crippen LogP contribution in [0.3, 0.4) is 0 Å². The van der Waals surface area contributed by atoms with Gasteiger partial charge in [0.15, 0.2) is 0 Å². The third-order valence-electron chi connectivity index (χ3n) is 1.25. The van der Waals surface area contributed by atoms with E-state index >= 15 is 0 Å². The van der Waals surface area contributed by atoms with Crippen molar-refractivity contribution in [3.05, 3.63) is 0 Å². The summed E-state index contributed by atoms with van der Waals surface area (Å²) in [6.07, 6.45) is 2.86. The monoisotopic (exact) mass is 170 g/mol. The van der Waals surface area contributed by atoms with E-state index in [1.807, 2.05) is 0 Å². The topological polar surface area (TPSA) is 17.1 Å². The lowest BCUT2D eigenvalue weighted by Crippen LogP contribution is -2.18. The van der Waals surface area contributed by atoms with Gasteiger partial charge in [0.05, 0.1) is 0 Å². The molecule has 0 heterocycles.